The minimum absolute atomic E-state index is 0.0848. The van der Waals surface area contributed by atoms with Crippen LogP contribution in [0, 0.1) is 18.6 Å². The molecule has 0 bridgehead atoms. The van der Waals surface area contributed by atoms with E-state index in [9.17, 15) is 8.78 Å². The molecule has 25 heavy (non-hydrogen) atoms. The molecule has 0 amide bonds. The van der Waals surface area contributed by atoms with Crippen LogP contribution in [0.3, 0.4) is 0 Å². The highest BCUT2D eigenvalue weighted by Gasteiger charge is 2.13. The number of aryl methyl sites for hydroxylation is 1. The quantitative estimate of drug-likeness (QED) is 0.640. The third-order valence-electron chi connectivity index (χ3n) is 3.88. The fraction of sp³-hybridized carbons (Fsp3) is 0.316. The van der Waals surface area contributed by atoms with Gasteiger partial charge in [0.25, 0.3) is 0 Å². The number of aliphatic imine (C=N–C) groups is 1. The Kier molecular flexibility index (Phi) is 6.33. The summed E-state index contributed by atoms with van der Waals surface area (Å²) in [4.78, 5) is 4.14. The van der Waals surface area contributed by atoms with E-state index in [2.05, 4.69) is 15.6 Å². The summed E-state index contributed by atoms with van der Waals surface area (Å²) in [7, 11) is 3.25. The second-order valence-corrected chi connectivity index (χ2v) is 5.77. The van der Waals surface area contributed by atoms with Gasteiger partial charge < -0.3 is 15.4 Å². The number of nitrogens with zero attached hydrogens (tertiary/aromatic N) is 1. The van der Waals surface area contributed by atoms with E-state index in [1.807, 2.05) is 32.0 Å². The van der Waals surface area contributed by atoms with Gasteiger partial charge in [-0.3, -0.25) is 4.99 Å². The molecule has 1 atom stereocenters. The molecule has 0 aliphatic carbocycles. The Hall–Kier alpha value is -2.63. The lowest BCUT2D eigenvalue weighted by Gasteiger charge is -2.21. The summed E-state index contributed by atoms with van der Waals surface area (Å²) in [5.41, 5.74) is 2.35. The van der Waals surface area contributed by atoms with Crippen LogP contribution < -0.4 is 15.4 Å². The Morgan fingerprint density at radius 2 is 1.96 bits per heavy atom. The van der Waals surface area contributed by atoms with Crippen LogP contribution in [0.2, 0.25) is 0 Å². The summed E-state index contributed by atoms with van der Waals surface area (Å²) in [5, 5.41) is 6.23. The van der Waals surface area contributed by atoms with Gasteiger partial charge in [0.1, 0.15) is 17.4 Å². The average molecular weight is 347 g/mol. The third kappa shape index (κ3) is 4.92. The first-order chi connectivity index (χ1) is 11.9. The Balaban J connectivity index is 2.07. The molecule has 0 radical (unpaired) electrons. The van der Waals surface area contributed by atoms with Gasteiger partial charge in [-0.05, 0) is 38.1 Å². The summed E-state index contributed by atoms with van der Waals surface area (Å²) in [6, 6.07) is 9.23. The van der Waals surface area contributed by atoms with Crippen molar-refractivity contribution in [2.24, 2.45) is 4.99 Å². The van der Waals surface area contributed by atoms with Gasteiger partial charge in [0.2, 0.25) is 0 Å². The van der Waals surface area contributed by atoms with Crippen LogP contribution in [0.5, 0.6) is 5.75 Å². The first kappa shape index (κ1) is 18.7. The van der Waals surface area contributed by atoms with Gasteiger partial charge in [0, 0.05) is 24.7 Å². The average Bonchev–Trinajstić information content (AvgIpc) is 2.60. The molecule has 0 aromatic heterocycles. The predicted molar refractivity (Wildman–Crippen MR) is 95.8 cm³/mol. The zero-order valence-electron chi connectivity index (χ0n) is 14.9. The molecule has 0 aliphatic rings. The summed E-state index contributed by atoms with van der Waals surface area (Å²) >= 11 is 0. The zero-order valence-corrected chi connectivity index (χ0v) is 14.9. The van der Waals surface area contributed by atoms with Crippen molar-refractivity contribution >= 4 is 5.96 Å². The van der Waals surface area contributed by atoms with E-state index >= 15 is 0 Å². The van der Waals surface area contributed by atoms with Gasteiger partial charge in [0.05, 0.1) is 13.2 Å². The summed E-state index contributed by atoms with van der Waals surface area (Å²) in [6.45, 7) is 4.11. The summed E-state index contributed by atoms with van der Waals surface area (Å²) in [6.07, 6.45) is 0. The van der Waals surface area contributed by atoms with Gasteiger partial charge in [0.15, 0.2) is 5.96 Å². The number of hydrogen-bond acceptors (Lipinski definition) is 2. The molecule has 0 saturated carbocycles. The van der Waals surface area contributed by atoms with Crippen molar-refractivity contribution in [2.45, 2.75) is 26.4 Å². The van der Waals surface area contributed by atoms with Crippen LogP contribution in [0.4, 0.5) is 8.78 Å². The Bertz CT molecular complexity index is 762. The molecule has 1 unspecified atom stereocenters. The van der Waals surface area contributed by atoms with E-state index in [1.54, 1.807) is 14.2 Å². The minimum atomic E-state index is -0.473. The Labute approximate surface area is 146 Å². The van der Waals surface area contributed by atoms with Crippen molar-refractivity contribution in [1.29, 1.82) is 0 Å². The van der Waals surface area contributed by atoms with E-state index in [0.717, 1.165) is 29.0 Å². The maximum atomic E-state index is 13.7. The van der Waals surface area contributed by atoms with Crippen molar-refractivity contribution in [3.8, 4) is 5.75 Å². The first-order valence-corrected chi connectivity index (χ1v) is 8.00. The molecule has 2 N–H and O–H groups in total. The zero-order chi connectivity index (χ0) is 18.4. The van der Waals surface area contributed by atoms with Crippen LogP contribution in [0.15, 0.2) is 41.4 Å². The van der Waals surface area contributed by atoms with Crippen LogP contribution in [0.25, 0.3) is 0 Å². The smallest absolute Gasteiger partial charge is 0.191 e. The van der Waals surface area contributed by atoms with Crippen molar-refractivity contribution in [1.82, 2.24) is 10.6 Å². The van der Waals surface area contributed by atoms with E-state index in [4.69, 9.17) is 4.74 Å². The lowest BCUT2D eigenvalue weighted by atomic mass is 10.0. The second kappa shape index (κ2) is 8.46. The van der Waals surface area contributed by atoms with Gasteiger partial charge in [-0.1, -0.05) is 17.7 Å². The molecule has 0 spiro atoms. The predicted octanol–water partition coefficient (Wildman–Crippen LogP) is 3.71. The molecule has 6 heteroatoms. The number of methoxy groups -OCH3 is 1. The fourth-order valence-electron chi connectivity index (χ4n) is 2.53. The number of nitrogens with one attached hydrogen (secondary N) is 2. The van der Waals surface area contributed by atoms with Crippen molar-refractivity contribution in [3.05, 3.63) is 64.7 Å². The monoisotopic (exact) mass is 347 g/mol. The van der Waals surface area contributed by atoms with Gasteiger partial charge in [-0.15, -0.1) is 0 Å². The SMILES string of the molecule is CN=C(NCc1cc(F)ccc1F)NC(C)c1cc(C)ccc1OC. The molecule has 2 aromatic carbocycles. The molecule has 4 nitrogen and oxygen atoms in total. The maximum absolute atomic E-state index is 13.7. The molecule has 0 heterocycles. The highest BCUT2D eigenvalue weighted by molar-refractivity contribution is 5.80. The normalized spacial score (nSPS) is 12.6. The lowest BCUT2D eigenvalue weighted by Crippen LogP contribution is -2.38. The number of benzene rings is 2. The van der Waals surface area contributed by atoms with E-state index in [1.165, 1.54) is 6.07 Å². The van der Waals surface area contributed by atoms with Crippen LogP contribution in [-0.2, 0) is 6.54 Å². The molecule has 0 saturated heterocycles. The molecule has 134 valence electrons. The molecular formula is C19H23F2N3O. The van der Waals surface area contributed by atoms with Crippen molar-refractivity contribution in [3.63, 3.8) is 0 Å². The molecule has 0 fully saturated rings. The number of halogens is 2. The van der Waals surface area contributed by atoms with Crippen LogP contribution >= 0.6 is 0 Å². The van der Waals surface area contributed by atoms with Crippen molar-refractivity contribution in [2.75, 3.05) is 14.2 Å². The first-order valence-electron chi connectivity index (χ1n) is 8.00. The fourth-order valence-corrected chi connectivity index (χ4v) is 2.53. The van der Waals surface area contributed by atoms with Crippen LogP contribution in [0.1, 0.15) is 29.7 Å². The highest BCUT2D eigenvalue weighted by Crippen LogP contribution is 2.25. The van der Waals surface area contributed by atoms with E-state index in [-0.39, 0.29) is 18.2 Å². The van der Waals surface area contributed by atoms with Crippen molar-refractivity contribution < 1.29 is 13.5 Å². The molecular weight excluding hydrogens is 324 g/mol. The highest BCUT2D eigenvalue weighted by atomic mass is 19.1. The molecule has 2 rings (SSSR count). The number of rotatable bonds is 5. The number of hydrogen-bond donors (Lipinski definition) is 2. The molecule has 0 aliphatic heterocycles. The number of guanidine groups is 1. The topological polar surface area (TPSA) is 45.7 Å². The minimum Gasteiger partial charge on any atom is -0.496 e. The maximum Gasteiger partial charge on any atom is 0.191 e. The van der Waals surface area contributed by atoms with Gasteiger partial charge >= 0.3 is 0 Å². The summed E-state index contributed by atoms with van der Waals surface area (Å²) < 4.78 is 32.4. The van der Waals surface area contributed by atoms with Gasteiger partial charge in [-0.2, -0.15) is 0 Å². The Morgan fingerprint density at radius 1 is 1.20 bits per heavy atom. The number of ether oxygens (including phenoxy) is 1. The Morgan fingerprint density at radius 3 is 2.64 bits per heavy atom. The van der Waals surface area contributed by atoms with Gasteiger partial charge in [-0.25, -0.2) is 8.78 Å². The second-order valence-electron chi connectivity index (χ2n) is 5.77. The molecule has 2 aromatic rings. The largest absolute Gasteiger partial charge is 0.496 e. The standard InChI is InChI=1S/C19H23F2N3O/c1-12-5-8-18(25-4)16(9-12)13(2)24-19(22-3)23-11-14-10-15(20)6-7-17(14)21/h5-10,13H,11H2,1-4H3,(H2,22,23,24). The summed E-state index contributed by atoms with van der Waals surface area (Å²) in [5.74, 6) is 0.328. The van der Waals surface area contributed by atoms with E-state index in [0.29, 0.717) is 5.96 Å². The van der Waals surface area contributed by atoms with E-state index < -0.39 is 11.6 Å². The lowest BCUT2D eigenvalue weighted by molar-refractivity contribution is 0.405. The van der Waals surface area contributed by atoms with Crippen LogP contribution in [-0.4, -0.2) is 20.1 Å². The third-order valence-corrected chi connectivity index (χ3v) is 3.88.